The van der Waals surface area contributed by atoms with E-state index in [1.807, 2.05) is 40.7 Å². The van der Waals surface area contributed by atoms with Gasteiger partial charge in [0.2, 0.25) is 0 Å². The van der Waals surface area contributed by atoms with Gasteiger partial charge in [-0.1, -0.05) is 13.8 Å². The van der Waals surface area contributed by atoms with E-state index in [1.54, 1.807) is 0 Å². The minimum Gasteiger partial charge on any atom is -0.257 e. The highest BCUT2D eigenvalue weighted by atomic mass is 14.7. The molecule has 1 rings (SSSR count). The van der Waals surface area contributed by atoms with Crippen molar-refractivity contribution in [2.75, 3.05) is 0 Å². The van der Waals surface area contributed by atoms with Gasteiger partial charge in [0.25, 0.3) is 0 Å². The van der Waals surface area contributed by atoms with Crippen molar-refractivity contribution >= 4 is 0 Å². The molecular weight excluding hydrogens is 160 g/mol. The molecule has 0 aliphatic rings. The van der Waals surface area contributed by atoms with Crippen molar-refractivity contribution in [3.05, 3.63) is 28.6 Å². The van der Waals surface area contributed by atoms with Crippen LogP contribution in [-0.4, -0.2) is 4.98 Å². The molecule has 0 spiro atoms. The zero-order chi connectivity index (χ0) is 10.4. The van der Waals surface area contributed by atoms with E-state index in [0.29, 0.717) is 5.56 Å². The first-order valence-corrected chi connectivity index (χ1v) is 4.50. The van der Waals surface area contributed by atoms with Crippen molar-refractivity contribution in [3.63, 3.8) is 0 Å². The predicted octanol–water partition coefficient (Wildman–Crippen LogP) is 2.90. The topological polar surface area (TPSA) is 36.7 Å². The van der Waals surface area contributed by atoms with Crippen LogP contribution in [0, 0.1) is 32.1 Å². The lowest BCUT2D eigenvalue weighted by Crippen LogP contribution is -1.93. The van der Waals surface area contributed by atoms with Gasteiger partial charge < -0.3 is 0 Å². The van der Waals surface area contributed by atoms with Crippen LogP contribution in [0.2, 0.25) is 0 Å². The summed E-state index contributed by atoms with van der Waals surface area (Å²) in [4.78, 5) is 4.18. The third-order valence-corrected chi connectivity index (χ3v) is 1.64. The van der Waals surface area contributed by atoms with E-state index in [1.165, 1.54) is 0 Å². The molecule has 1 aromatic rings. The Morgan fingerprint density at radius 1 is 1.23 bits per heavy atom. The summed E-state index contributed by atoms with van der Waals surface area (Å²) in [6.07, 6.45) is 0. The highest BCUT2D eigenvalue weighted by Crippen LogP contribution is 2.10. The smallest absolute Gasteiger partial charge is 0.101 e. The molecule has 0 bridgehead atoms. The zero-order valence-corrected chi connectivity index (χ0v) is 8.97. The summed E-state index contributed by atoms with van der Waals surface area (Å²) >= 11 is 0. The maximum atomic E-state index is 8.70. The number of hydrogen-bond acceptors (Lipinski definition) is 2. The molecule has 0 unspecified atom stereocenters. The standard InChI is InChI=1S/C9H10N2.C2H6/c1-6-4-7(2)11-8(3)9(6)5-10;1-2/h4H,1-3H3;1-2H3. The fourth-order valence-electron chi connectivity index (χ4n) is 1.19. The Kier molecular flexibility index (Phi) is 4.76. The Morgan fingerprint density at radius 3 is 2.15 bits per heavy atom. The second-order valence-corrected chi connectivity index (χ2v) is 2.65. The van der Waals surface area contributed by atoms with Crippen molar-refractivity contribution in [2.45, 2.75) is 34.6 Å². The first-order valence-electron chi connectivity index (χ1n) is 4.50. The summed E-state index contributed by atoms with van der Waals surface area (Å²) < 4.78 is 0. The van der Waals surface area contributed by atoms with E-state index in [2.05, 4.69) is 11.1 Å². The molecule has 1 heterocycles. The summed E-state index contributed by atoms with van der Waals surface area (Å²) in [5.41, 5.74) is 3.51. The fourth-order valence-corrected chi connectivity index (χ4v) is 1.19. The number of aryl methyl sites for hydroxylation is 3. The second kappa shape index (κ2) is 5.31. The molecule has 0 radical (unpaired) electrons. The summed E-state index contributed by atoms with van der Waals surface area (Å²) in [6, 6.07) is 4.05. The molecule has 0 amide bonds. The quantitative estimate of drug-likeness (QED) is 0.609. The van der Waals surface area contributed by atoms with Crippen molar-refractivity contribution in [2.24, 2.45) is 0 Å². The van der Waals surface area contributed by atoms with Gasteiger partial charge in [0.1, 0.15) is 6.07 Å². The fraction of sp³-hybridized carbons (Fsp3) is 0.455. The summed E-state index contributed by atoms with van der Waals surface area (Å²) in [6.45, 7) is 9.72. The van der Waals surface area contributed by atoms with Crippen molar-refractivity contribution in [1.29, 1.82) is 5.26 Å². The Balaban J connectivity index is 0.000000671. The van der Waals surface area contributed by atoms with Gasteiger partial charge in [-0.3, -0.25) is 4.98 Å². The number of pyridine rings is 1. The van der Waals surface area contributed by atoms with Crippen molar-refractivity contribution < 1.29 is 0 Å². The van der Waals surface area contributed by atoms with Crippen LogP contribution in [0.25, 0.3) is 0 Å². The molecule has 0 aliphatic carbocycles. The molecule has 13 heavy (non-hydrogen) atoms. The number of hydrogen-bond donors (Lipinski definition) is 0. The molecular formula is C11H16N2. The van der Waals surface area contributed by atoms with Crippen LogP contribution in [0.15, 0.2) is 6.07 Å². The largest absolute Gasteiger partial charge is 0.257 e. The lowest BCUT2D eigenvalue weighted by Gasteiger charge is -2.01. The first-order chi connectivity index (χ1) is 6.15. The van der Waals surface area contributed by atoms with Crippen molar-refractivity contribution in [1.82, 2.24) is 4.98 Å². The van der Waals surface area contributed by atoms with Gasteiger partial charge in [-0.2, -0.15) is 5.26 Å². The predicted molar refractivity (Wildman–Crippen MR) is 54.5 cm³/mol. The Hall–Kier alpha value is -1.36. The highest BCUT2D eigenvalue weighted by molar-refractivity contribution is 5.40. The number of nitrogens with zero attached hydrogens (tertiary/aromatic N) is 2. The normalized spacial score (nSPS) is 8.31. The van der Waals surface area contributed by atoms with E-state index in [9.17, 15) is 0 Å². The number of aromatic nitrogens is 1. The molecule has 0 aliphatic heterocycles. The monoisotopic (exact) mass is 176 g/mol. The van der Waals surface area contributed by atoms with E-state index in [4.69, 9.17) is 5.26 Å². The van der Waals surface area contributed by atoms with Gasteiger partial charge in [0.05, 0.1) is 11.3 Å². The number of nitriles is 1. The van der Waals surface area contributed by atoms with Crippen molar-refractivity contribution in [3.8, 4) is 6.07 Å². The molecule has 2 heteroatoms. The van der Waals surface area contributed by atoms with E-state index >= 15 is 0 Å². The van der Waals surface area contributed by atoms with Crippen LogP contribution in [-0.2, 0) is 0 Å². The van der Waals surface area contributed by atoms with E-state index in [0.717, 1.165) is 17.0 Å². The summed E-state index contributed by atoms with van der Waals surface area (Å²) in [5.74, 6) is 0. The molecule has 0 atom stereocenters. The SMILES string of the molecule is CC.Cc1cc(C)c(C#N)c(C)n1. The van der Waals surface area contributed by atoms with Gasteiger partial charge in [0.15, 0.2) is 0 Å². The summed E-state index contributed by atoms with van der Waals surface area (Å²) in [5, 5.41) is 8.70. The lowest BCUT2D eigenvalue weighted by atomic mass is 10.1. The number of rotatable bonds is 0. The highest BCUT2D eigenvalue weighted by Gasteiger charge is 2.02. The minimum atomic E-state index is 0.704. The van der Waals surface area contributed by atoms with Gasteiger partial charge in [0, 0.05) is 5.69 Å². The molecule has 0 N–H and O–H groups in total. The van der Waals surface area contributed by atoms with Gasteiger partial charge in [-0.05, 0) is 32.4 Å². The molecule has 70 valence electrons. The Labute approximate surface area is 80.2 Å². The van der Waals surface area contributed by atoms with Gasteiger partial charge >= 0.3 is 0 Å². The molecule has 0 aromatic carbocycles. The molecule has 2 nitrogen and oxygen atoms in total. The van der Waals surface area contributed by atoms with Gasteiger partial charge in [-0.25, -0.2) is 0 Å². The maximum Gasteiger partial charge on any atom is 0.101 e. The average molecular weight is 176 g/mol. The summed E-state index contributed by atoms with van der Waals surface area (Å²) in [7, 11) is 0. The van der Waals surface area contributed by atoms with Crippen LogP contribution in [0.3, 0.4) is 0 Å². The lowest BCUT2D eigenvalue weighted by molar-refractivity contribution is 1.09. The Morgan fingerprint density at radius 2 is 1.77 bits per heavy atom. The average Bonchev–Trinajstić information content (AvgIpc) is 2.07. The van der Waals surface area contributed by atoms with Crippen LogP contribution in [0.4, 0.5) is 0 Å². The third kappa shape index (κ3) is 2.87. The van der Waals surface area contributed by atoms with Crippen LogP contribution < -0.4 is 0 Å². The second-order valence-electron chi connectivity index (χ2n) is 2.65. The Bertz CT molecular complexity index is 298. The van der Waals surface area contributed by atoms with Crippen LogP contribution >= 0.6 is 0 Å². The maximum absolute atomic E-state index is 8.70. The third-order valence-electron chi connectivity index (χ3n) is 1.64. The first kappa shape index (κ1) is 11.6. The van der Waals surface area contributed by atoms with Gasteiger partial charge in [-0.15, -0.1) is 0 Å². The molecule has 1 aromatic heterocycles. The van der Waals surface area contributed by atoms with E-state index < -0.39 is 0 Å². The van der Waals surface area contributed by atoms with Crippen LogP contribution in [0.5, 0.6) is 0 Å². The molecule has 0 fully saturated rings. The molecule has 0 saturated carbocycles. The molecule has 0 saturated heterocycles. The zero-order valence-electron chi connectivity index (χ0n) is 8.97. The van der Waals surface area contributed by atoms with E-state index in [-0.39, 0.29) is 0 Å². The van der Waals surface area contributed by atoms with Crippen LogP contribution in [0.1, 0.15) is 36.4 Å². The minimum absolute atomic E-state index is 0.704.